The Kier molecular flexibility index (Phi) is 6.80. The molecule has 0 aliphatic heterocycles. The molecule has 0 amide bonds. The van der Waals surface area contributed by atoms with Crippen LogP contribution >= 0.6 is 0 Å². The fourth-order valence-corrected chi connectivity index (χ4v) is 2.95. The van der Waals surface area contributed by atoms with Crippen LogP contribution in [0.1, 0.15) is 12.8 Å². The minimum atomic E-state index is -4.14. The lowest BCUT2D eigenvalue weighted by Gasteiger charge is -2.16. The molecule has 132 valence electrons. The van der Waals surface area contributed by atoms with E-state index in [1.807, 2.05) is 0 Å². The molecule has 1 atom stereocenters. The van der Waals surface area contributed by atoms with E-state index < -0.39 is 32.9 Å². The number of nitro benzene ring substituents is 1. The van der Waals surface area contributed by atoms with Gasteiger partial charge in [-0.2, -0.15) is 4.72 Å². The number of benzene rings is 1. The van der Waals surface area contributed by atoms with Crippen molar-refractivity contribution in [2.75, 3.05) is 14.2 Å². The highest BCUT2D eigenvalue weighted by Gasteiger charge is 2.27. The Hall–Kier alpha value is -2.53. The second-order valence-corrected chi connectivity index (χ2v) is 6.28. The molecule has 1 rings (SSSR count). The Bertz CT molecular complexity index is 714. The van der Waals surface area contributed by atoms with Gasteiger partial charge in [-0.1, -0.05) is 0 Å². The molecule has 0 aromatic heterocycles. The molecular weight excluding hydrogens is 344 g/mol. The largest absolute Gasteiger partial charge is 0.469 e. The number of nitro groups is 1. The van der Waals surface area contributed by atoms with Gasteiger partial charge in [0.15, 0.2) is 0 Å². The van der Waals surface area contributed by atoms with Crippen molar-refractivity contribution in [1.82, 2.24) is 4.72 Å². The maximum Gasteiger partial charge on any atom is 0.323 e. The molecule has 0 saturated carbocycles. The first kappa shape index (κ1) is 19.5. The van der Waals surface area contributed by atoms with Crippen LogP contribution in [0.3, 0.4) is 0 Å². The van der Waals surface area contributed by atoms with Gasteiger partial charge in [0.1, 0.15) is 6.04 Å². The molecule has 1 aromatic carbocycles. The van der Waals surface area contributed by atoms with Gasteiger partial charge in [-0.25, -0.2) is 8.42 Å². The predicted octanol–water partition coefficient (Wildman–Crippen LogP) is 0.368. The highest BCUT2D eigenvalue weighted by molar-refractivity contribution is 7.89. The molecule has 10 nitrogen and oxygen atoms in total. The van der Waals surface area contributed by atoms with Gasteiger partial charge in [-0.15, -0.1) is 0 Å². The number of sulfonamides is 1. The first-order chi connectivity index (χ1) is 11.2. The average Bonchev–Trinajstić information content (AvgIpc) is 2.57. The molecule has 0 saturated heterocycles. The summed E-state index contributed by atoms with van der Waals surface area (Å²) in [6.45, 7) is 0. The second kappa shape index (κ2) is 8.36. The molecule has 11 heteroatoms. The quantitative estimate of drug-likeness (QED) is 0.398. The minimum absolute atomic E-state index is 0.161. The lowest BCUT2D eigenvalue weighted by Crippen LogP contribution is -2.41. The SMILES string of the molecule is COC(=O)CCC(NS(=O)(=O)c1ccc([N+](=O)[O-])cc1)C(=O)OC. The van der Waals surface area contributed by atoms with Crippen molar-refractivity contribution in [3.63, 3.8) is 0 Å². The third-order valence-electron chi connectivity index (χ3n) is 3.01. The number of carbonyl (C=O) groups excluding carboxylic acids is 2. The second-order valence-electron chi connectivity index (χ2n) is 4.56. The minimum Gasteiger partial charge on any atom is -0.469 e. The summed E-state index contributed by atoms with van der Waals surface area (Å²) in [7, 11) is -1.90. The average molecular weight is 360 g/mol. The van der Waals surface area contributed by atoms with E-state index in [1.165, 1.54) is 0 Å². The van der Waals surface area contributed by atoms with E-state index in [0.717, 1.165) is 38.5 Å². The Morgan fingerprint density at radius 3 is 2.25 bits per heavy atom. The Morgan fingerprint density at radius 2 is 1.79 bits per heavy atom. The van der Waals surface area contributed by atoms with Crippen molar-refractivity contribution < 1.29 is 32.4 Å². The van der Waals surface area contributed by atoms with Crippen LogP contribution in [0, 0.1) is 10.1 Å². The zero-order valence-corrected chi connectivity index (χ0v) is 13.7. The lowest BCUT2D eigenvalue weighted by molar-refractivity contribution is -0.384. The topological polar surface area (TPSA) is 142 Å². The van der Waals surface area contributed by atoms with Crippen LogP contribution in [0.25, 0.3) is 0 Å². The molecule has 1 unspecified atom stereocenters. The number of ether oxygens (including phenoxy) is 2. The van der Waals surface area contributed by atoms with Gasteiger partial charge in [0.05, 0.1) is 24.0 Å². The molecule has 0 bridgehead atoms. The standard InChI is InChI=1S/C13H16N2O8S/c1-22-12(16)8-7-11(13(17)23-2)14-24(20,21)10-5-3-9(4-6-10)15(18)19/h3-6,11,14H,7-8H2,1-2H3. The van der Waals surface area contributed by atoms with Crippen LogP contribution in [0.15, 0.2) is 29.2 Å². The van der Waals surface area contributed by atoms with E-state index in [0.29, 0.717) is 0 Å². The molecular formula is C13H16N2O8S. The van der Waals surface area contributed by atoms with E-state index in [4.69, 9.17) is 0 Å². The van der Waals surface area contributed by atoms with E-state index in [-0.39, 0.29) is 23.4 Å². The highest BCUT2D eigenvalue weighted by Crippen LogP contribution is 2.16. The van der Waals surface area contributed by atoms with Gasteiger partial charge in [-0.05, 0) is 18.6 Å². The number of esters is 2. The van der Waals surface area contributed by atoms with E-state index in [2.05, 4.69) is 14.2 Å². The molecule has 0 aliphatic carbocycles. The normalized spacial score (nSPS) is 12.2. The number of non-ortho nitro benzene ring substituents is 1. The summed E-state index contributed by atoms with van der Waals surface area (Å²) in [6, 6.07) is 2.82. The number of rotatable bonds is 8. The Labute approximate surface area is 137 Å². The molecule has 0 fully saturated rings. The summed E-state index contributed by atoms with van der Waals surface area (Å²) in [5.41, 5.74) is -0.274. The van der Waals surface area contributed by atoms with Gasteiger partial charge >= 0.3 is 11.9 Å². The van der Waals surface area contributed by atoms with Crippen molar-refractivity contribution >= 4 is 27.6 Å². The van der Waals surface area contributed by atoms with E-state index in [1.54, 1.807) is 0 Å². The van der Waals surface area contributed by atoms with Crippen LogP contribution in [-0.4, -0.2) is 45.5 Å². The summed E-state index contributed by atoms with van der Waals surface area (Å²) >= 11 is 0. The van der Waals surface area contributed by atoms with E-state index in [9.17, 15) is 28.1 Å². The molecule has 0 aliphatic rings. The molecule has 24 heavy (non-hydrogen) atoms. The molecule has 0 heterocycles. The molecule has 1 N–H and O–H groups in total. The van der Waals surface area contributed by atoms with Gasteiger partial charge in [-0.3, -0.25) is 19.7 Å². The molecule has 1 aromatic rings. The smallest absolute Gasteiger partial charge is 0.323 e. The van der Waals surface area contributed by atoms with Gasteiger partial charge in [0.25, 0.3) is 5.69 Å². The summed E-state index contributed by atoms with van der Waals surface area (Å²) in [5, 5.41) is 10.6. The third-order valence-corrected chi connectivity index (χ3v) is 4.49. The molecule has 0 spiro atoms. The number of hydrogen-bond acceptors (Lipinski definition) is 8. The van der Waals surface area contributed by atoms with Gasteiger partial charge < -0.3 is 9.47 Å². The van der Waals surface area contributed by atoms with Gasteiger partial charge in [0, 0.05) is 18.6 Å². The van der Waals surface area contributed by atoms with E-state index >= 15 is 0 Å². The van der Waals surface area contributed by atoms with Crippen LogP contribution in [-0.2, 0) is 29.1 Å². The van der Waals surface area contributed by atoms with Crippen LogP contribution in [0.5, 0.6) is 0 Å². The highest BCUT2D eigenvalue weighted by atomic mass is 32.2. The summed E-state index contributed by atoms with van der Waals surface area (Å²) < 4.78 is 35.6. The fourth-order valence-electron chi connectivity index (χ4n) is 1.73. The van der Waals surface area contributed by atoms with Crippen LogP contribution < -0.4 is 4.72 Å². The number of nitrogens with one attached hydrogen (secondary N) is 1. The zero-order chi connectivity index (χ0) is 18.3. The first-order valence-corrected chi connectivity index (χ1v) is 8.11. The first-order valence-electron chi connectivity index (χ1n) is 6.62. The van der Waals surface area contributed by atoms with Crippen molar-refractivity contribution in [2.24, 2.45) is 0 Å². The number of nitrogens with zero attached hydrogens (tertiary/aromatic N) is 1. The number of hydrogen-bond donors (Lipinski definition) is 1. The van der Waals surface area contributed by atoms with Crippen molar-refractivity contribution in [3.8, 4) is 0 Å². The third kappa shape index (κ3) is 5.28. The number of carbonyl (C=O) groups is 2. The summed E-state index contributed by atoms with van der Waals surface area (Å²) in [5.74, 6) is -1.48. The maximum absolute atomic E-state index is 12.3. The zero-order valence-electron chi connectivity index (χ0n) is 12.9. The van der Waals surface area contributed by atoms with Crippen molar-refractivity contribution in [1.29, 1.82) is 0 Å². The lowest BCUT2D eigenvalue weighted by atomic mass is 10.2. The summed E-state index contributed by atoms with van der Waals surface area (Å²) in [4.78, 5) is 32.5. The monoisotopic (exact) mass is 360 g/mol. The van der Waals surface area contributed by atoms with Crippen LogP contribution in [0.4, 0.5) is 5.69 Å². The predicted molar refractivity (Wildman–Crippen MR) is 80.5 cm³/mol. The fraction of sp³-hybridized carbons (Fsp3) is 0.385. The number of methoxy groups -OCH3 is 2. The Morgan fingerprint density at radius 1 is 1.21 bits per heavy atom. The molecule has 0 radical (unpaired) electrons. The van der Waals surface area contributed by atoms with Crippen molar-refractivity contribution in [3.05, 3.63) is 34.4 Å². The maximum atomic E-state index is 12.3. The Balaban J connectivity index is 2.95. The van der Waals surface area contributed by atoms with Crippen molar-refractivity contribution in [2.45, 2.75) is 23.8 Å². The summed E-state index contributed by atoms with van der Waals surface area (Å²) in [6.07, 6.45) is -0.357. The van der Waals surface area contributed by atoms with Crippen LogP contribution in [0.2, 0.25) is 0 Å². The van der Waals surface area contributed by atoms with Gasteiger partial charge in [0.2, 0.25) is 10.0 Å².